The molecule has 0 radical (unpaired) electrons. The van der Waals surface area contributed by atoms with E-state index in [0.717, 1.165) is 5.56 Å². The zero-order valence-corrected chi connectivity index (χ0v) is 29.5. The van der Waals surface area contributed by atoms with Crippen LogP contribution in [0.3, 0.4) is 0 Å². The van der Waals surface area contributed by atoms with Gasteiger partial charge in [0.15, 0.2) is 0 Å². The fraction of sp³-hybridized carbons (Fsp3) is 0.615. The Bertz CT molecular complexity index is 1720. The molecule has 8 rings (SSSR count). The smallest absolute Gasteiger partial charge is 0.340 e. The number of carbonyl (C=O) groups excluding carboxylic acids is 2. The molecule has 1 aliphatic heterocycles. The van der Waals surface area contributed by atoms with Gasteiger partial charge in [0.2, 0.25) is 5.91 Å². The molecule has 7 bridgehead atoms. The van der Waals surface area contributed by atoms with Crippen LogP contribution in [0.15, 0.2) is 48.7 Å². The number of benzene rings is 1. The number of nitrogens with zero attached hydrogens (tertiary/aromatic N) is 2. The molecule has 1 saturated heterocycles. The van der Waals surface area contributed by atoms with Crippen LogP contribution in [0.5, 0.6) is 0 Å². The van der Waals surface area contributed by atoms with Crippen molar-refractivity contribution in [3.05, 3.63) is 65.5 Å². The number of hydrogen-bond donors (Lipinski definition) is 3. The summed E-state index contributed by atoms with van der Waals surface area (Å²) >= 11 is 0. The summed E-state index contributed by atoms with van der Waals surface area (Å²) in [6.07, 6.45) is 6.46. The van der Waals surface area contributed by atoms with E-state index in [1.165, 1.54) is 6.08 Å². The van der Waals surface area contributed by atoms with E-state index in [0.29, 0.717) is 56.6 Å². The van der Waals surface area contributed by atoms with E-state index in [1.807, 2.05) is 19.1 Å². The van der Waals surface area contributed by atoms with Crippen molar-refractivity contribution >= 4 is 23.6 Å². The Morgan fingerprint density at radius 1 is 1.08 bits per heavy atom. The molecule has 1 aromatic carbocycles. The summed E-state index contributed by atoms with van der Waals surface area (Å²) in [7, 11) is 5.05. The van der Waals surface area contributed by atoms with Gasteiger partial charge in [-0.3, -0.25) is 14.7 Å². The number of rotatable bonds is 9. The van der Waals surface area contributed by atoms with E-state index >= 15 is 0 Å². The van der Waals surface area contributed by atoms with Crippen LogP contribution < -0.4 is 5.32 Å². The van der Waals surface area contributed by atoms with E-state index in [1.54, 1.807) is 57.9 Å². The second-order valence-corrected chi connectivity index (χ2v) is 15.6. The number of likely N-dealkylation sites (tertiary alicyclic amines) is 1. The van der Waals surface area contributed by atoms with Crippen LogP contribution in [0.1, 0.15) is 60.6 Å². The number of aryl methyl sites for hydroxylation is 1. The first kappa shape index (κ1) is 33.9. The Kier molecular flexibility index (Phi) is 8.09. The lowest BCUT2D eigenvalue weighted by Gasteiger charge is -2.70. The molecular formula is C39H49N3O8. The van der Waals surface area contributed by atoms with E-state index in [2.05, 4.69) is 22.1 Å². The number of para-hydroxylation sites is 1. The number of piperidine rings is 1. The number of nitrogens with one attached hydrogen (secondary N) is 1. The van der Waals surface area contributed by atoms with Gasteiger partial charge in [-0.05, 0) is 75.1 Å². The first-order chi connectivity index (χ1) is 24.0. The van der Waals surface area contributed by atoms with Gasteiger partial charge in [-0.25, -0.2) is 4.79 Å². The predicted octanol–water partition coefficient (Wildman–Crippen LogP) is 3.62. The highest BCUT2D eigenvalue weighted by Crippen LogP contribution is 2.79. The highest BCUT2D eigenvalue weighted by molar-refractivity contribution is 6.06. The van der Waals surface area contributed by atoms with Crippen LogP contribution in [0.25, 0.3) is 6.08 Å². The number of carbonyl (C=O) groups is 2. The summed E-state index contributed by atoms with van der Waals surface area (Å²) in [4.78, 5) is 34.1. The molecule has 1 aromatic heterocycles. The quantitative estimate of drug-likeness (QED) is 0.265. The predicted molar refractivity (Wildman–Crippen MR) is 184 cm³/mol. The molecule has 1 unspecified atom stereocenters. The maximum absolute atomic E-state index is 14.4. The average Bonchev–Trinajstić information content (AvgIpc) is 3.53. The Morgan fingerprint density at radius 3 is 2.60 bits per heavy atom. The van der Waals surface area contributed by atoms with Crippen LogP contribution in [-0.4, -0.2) is 108 Å². The van der Waals surface area contributed by atoms with Crippen molar-refractivity contribution in [2.45, 2.75) is 87.1 Å². The molecule has 3 N–H and O–H groups in total. The van der Waals surface area contributed by atoms with Crippen LogP contribution in [0.4, 0.5) is 5.69 Å². The summed E-state index contributed by atoms with van der Waals surface area (Å²) in [5.41, 5.74) is -2.13. The molecular weight excluding hydrogens is 638 g/mol. The molecule has 12 atom stereocenters. The summed E-state index contributed by atoms with van der Waals surface area (Å²) in [6.45, 7) is 5.28. The van der Waals surface area contributed by atoms with Gasteiger partial charge in [0.05, 0.1) is 35.3 Å². The number of aromatic nitrogens is 1. The van der Waals surface area contributed by atoms with Gasteiger partial charge in [-0.1, -0.05) is 19.1 Å². The molecule has 50 heavy (non-hydrogen) atoms. The van der Waals surface area contributed by atoms with Crippen LogP contribution in [0.2, 0.25) is 0 Å². The van der Waals surface area contributed by atoms with Gasteiger partial charge < -0.3 is 34.5 Å². The summed E-state index contributed by atoms with van der Waals surface area (Å²) in [6, 6.07) is 10.6. The summed E-state index contributed by atoms with van der Waals surface area (Å²) < 4.78 is 25.3. The molecule has 2 aromatic rings. The van der Waals surface area contributed by atoms with E-state index in [-0.39, 0.29) is 53.4 Å². The molecule has 11 heteroatoms. The largest absolute Gasteiger partial charge is 0.454 e. The molecule has 1 spiro atoms. The van der Waals surface area contributed by atoms with Crippen molar-refractivity contribution in [2.75, 3.05) is 39.7 Å². The van der Waals surface area contributed by atoms with Crippen molar-refractivity contribution in [3.8, 4) is 0 Å². The number of likely N-dealkylation sites (N-methyl/N-ethyl adjacent to an activating group) is 1. The van der Waals surface area contributed by atoms with Gasteiger partial charge in [0.25, 0.3) is 0 Å². The zero-order valence-electron chi connectivity index (χ0n) is 29.5. The minimum atomic E-state index is -1.50. The second-order valence-electron chi connectivity index (χ2n) is 15.6. The fourth-order valence-corrected chi connectivity index (χ4v) is 12.4. The summed E-state index contributed by atoms with van der Waals surface area (Å²) in [5.74, 6) is -1.82. The molecule has 11 nitrogen and oxygen atoms in total. The lowest BCUT2D eigenvalue weighted by molar-refractivity contribution is -0.337. The van der Waals surface area contributed by atoms with Crippen LogP contribution in [0, 0.1) is 36.0 Å². The van der Waals surface area contributed by atoms with E-state index < -0.39 is 34.3 Å². The first-order valence-electron chi connectivity index (χ1n) is 18.0. The number of hydrogen-bond acceptors (Lipinski definition) is 10. The third-order valence-electron chi connectivity index (χ3n) is 13.9. The highest BCUT2D eigenvalue weighted by Gasteiger charge is 2.89. The Labute approximate surface area is 293 Å². The maximum atomic E-state index is 14.4. The lowest BCUT2D eigenvalue weighted by atomic mass is 9.44. The SMILES string of the molecule is CCN1C[C@]2(OC(=O)c3ccccc3NC(=O)/C=C/c3cc(C)ccn3)CC[C@H](OC)[C@]34C1[C@@H](C[C@H]23)[C@@]1(O)C[C@H](OC)[C@H]2C[C@@H]4[C@]1(O)[C@H]2OC. The molecule has 268 valence electrons. The minimum absolute atomic E-state index is 0.0713. The maximum Gasteiger partial charge on any atom is 0.340 e. The van der Waals surface area contributed by atoms with Crippen molar-refractivity contribution in [2.24, 2.45) is 29.1 Å². The van der Waals surface area contributed by atoms with Crippen molar-refractivity contribution < 1.29 is 38.7 Å². The average molecular weight is 688 g/mol. The number of ether oxygens (including phenoxy) is 4. The second kappa shape index (κ2) is 11.9. The van der Waals surface area contributed by atoms with Gasteiger partial charge in [0.1, 0.15) is 16.8 Å². The van der Waals surface area contributed by atoms with Crippen molar-refractivity contribution in [1.82, 2.24) is 9.88 Å². The van der Waals surface area contributed by atoms with Gasteiger partial charge >= 0.3 is 5.97 Å². The number of esters is 1. The highest BCUT2D eigenvalue weighted by atomic mass is 16.6. The van der Waals surface area contributed by atoms with Crippen LogP contribution in [-0.2, 0) is 23.7 Å². The topological polar surface area (TPSA) is 140 Å². The number of amides is 1. The molecule has 6 fully saturated rings. The molecule has 6 aliphatic rings. The number of fused-ring (bicyclic) bond motifs is 2. The van der Waals surface area contributed by atoms with Gasteiger partial charge in [-0.15, -0.1) is 0 Å². The third kappa shape index (κ3) is 4.34. The van der Waals surface area contributed by atoms with Crippen LogP contribution >= 0.6 is 0 Å². The number of pyridine rings is 1. The molecule has 5 aliphatic carbocycles. The number of methoxy groups -OCH3 is 3. The van der Waals surface area contributed by atoms with E-state index in [9.17, 15) is 19.8 Å². The van der Waals surface area contributed by atoms with Crippen molar-refractivity contribution in [1.29, 1.82) is 0 Å². The fourth-order valence-electron chi connectivity index (χ4n) is 12.4. The van der Waals surface area contributed by atoms with Gasteiger partial charge in [-0.2, -0.15) is 0 Å². The Morgan fingerprint density at radius 2 is 1.88 bits per heavy atom. The van der Waals surface area contributed by atoms with Gasteiger partial charge in [0, 0.05) is 81.7 Å². The Balaban J connectivity index is 1.16. The first-order valence-corrected chi connectivity index (χ1v) is 18.0. The molecule has 5 saturated carbocycles. The molecule has 1 amide bonds. The number of aliphatic hydroxyl groups is 2. The monoisotopic (exact) mass is 687 g/mol. The third-order valence-corrected chi connectivity index (χ3v) is 13.9. The minimum Gasteiger partial charge on any atom is -0.454 e. The molecule has 2 heterocycles. The van der Waals surface area contributed by atoms with Crippen molar-refractivity contribution in [3.63, 3.8) is 0 Å². The number of anilines is 1. The lowest BCUT2D eigenvalue weighted by Crippen LogP contribution is -2.83. The summed E-state index contributed by atoms with van der Waals surface area (Å²) in [5, 5.41) is 28.8. The Hall–Kier alpha value is -3.19. The standard InChI is InChI=1S/C39H49N3O8/c1-6-42-21-36(50-35(44)24-9-7-8-10-27(24)41-32(43)12-11-23-17-22(2)14-16-40-23)15-13-31(48-4)38-29(36)19-26(33(38)42)37(45)20-28(47-3)25-18-30(38)39(37,46)34(25)49-5/h7-12,14,16-17,25-26,28-31,33-34,45-46H,6,13,15,18-21H2,1-5H3,(H,41,43)/b12-11+/t25-,26-,28+,29-,30+,31+,33?,34+,36-,37+,38+,39+/m1/s1. The van der Waals surface area contributed by atoms with E-state index in [4.69, 9.17) is 18.9 Å². The zero-order chi connectivity index (χ0) is 35.2. The normalized spacial score (nSPS) is 42.5.